The van der Waals surface area contributed by atoms with Crippen LogP contribution in [0, 0.1) is 0 Å². The molecule has 1 fully saturated rings. The minimum atomic E-state index is -4.03. The molecule has 0 unspecified atom stereocenters. The molecule has 0 N–H and O–H groups in total. The molecular formula is C13H12NNaO9S. The number of rotatable bonds is 4. The zero-order valence-electron chi connectivity index (χ0n) is 13.6. The fraction of sp³-hybridized carbons (Fsp3) is 0.385. The molecule has 0 radical (unpaired) electrons. The molecule has 0 aliphatic carbocycles. The van der Waals surface area contributed by atoms with Crippen LogP contribution in [0.5, 0.6) is 0 Å². The van der Waals surface area contributed by atoms with E-state index in [0.29, 0.717) is 11.0 Å². The quantitative estimate of drug-likeness (QED) is 0.201. The van der Waals surface area contributed by atoms with Gasteiger partial charge < -0.3 is 19.4 Å². The number of carbonyl (C=O) groups excluding carboxylic acids is 4. The minimum Gasteiger partial charge on any atom is -0.543 e. The first-order valence-electron chi connectivity index (χ1n) is 6.51. The average Bonchev–Trinajstić information content (AvgIpc) is 2.48. The second-order valence-electron chi connectivity index (χ2n) is 4.98. The SMILES string of the molecule is COC(=O)/C=C1/C(=O)N2C(C(=O)[O-])=C(COC(C)=O)CS(=O)(=O)[C@H]12.[Na+]. The summed E-state index contributed by atoms with van der Waals surface area (Å²) in [5.74, 6) is -5.22. The van der Waals surface area contributed by atoms with Gasteiger partial charge in [-0.15, -0.1) is 0 Å². The van der Waals surface area contributed by atoms with Crippen molar-refractivity contribution in [3.8, 4) is 0 Å². The number of carbonyl (C=O) groups is 4. The topological polar surface area (TPSA) is 147 Å². The van der Waals surface area contributed by atoms with Crippen molar-refractivity contribution in [3.05, 3.63) is 22.9 Å². The summed E-state index contributed by atoms with van der Waals surface area (Å²) in [7, 11) is -2.99. The van der Waals surface area contributed by atoms with Gasteiger partial charge in [0.1, 0.15) is 6.61 Å². The minimum absolute atomic E-state index is 0. The summed E-state index contributed by atoms with van der Waals surface area (Å²) in [5.41, 5.74) is -1.36. The van der Waals surface area contributed by atoms with Gasteiger partial charge in [0, 0.05) is 18.6 Å². The Hall–Kier alpha value is -1.69. The number of β-lactam (4-membered cyclic amide) rings is 1. The van der Waals surface area contributed by atoms with E-state index in [1.807, 2.05) is 0 Å². The number of fused-ring (bicyclic) bond motifs is 1. The molecule has 0 spiro atoms. The average molecular weight is 381 g/mol. The Morgan fingerprint density at radius 1 is 1.36 bits per heavy atom. The molecule has 0 aromatic heterocycles. The molecular weight excluding hydrogens is 369 g/mol. The summed E-state index contributed by atoms with van der Waals surface area (Å²) in [6.07, 6.45) is 0.699. The molecule has 2 aliphatic heterocycles. The smallest absolute Gasteiger partial charge is 0.543 e. The Balaban J connectivity index is 0.00000312. The number of aliphatic carboxylic acids is 1. The van der Waals surface area contributed by atoms with Crippen molar-refractivity contribution in [2.45, 2.75) is 12.3 Å². The van der Waals surface area contributed by atoms with Crippen molar-refractivity contribution in [2.24, 2.45) is 0 Å². The standard InChI is InChI=1S/C13H13NO9S.Na/c1-6(15)23-4-7-5-24(20,21)12-8(3-9(16)22-2)11(17)14(12)10(7)13(18)19;/h3,12H,4-5H2,1-2H3,(H,18,19);/q;+1/p-1/b8-3-;/t12-;/m1./s1. The number of methoxy groups -OCH3 is 1. The van der Waals surface area contributed by atoms with Crippen molar-refractivity contribution in [1.29, 1.82) is 0 Å². The molecule has 0 saturated carbocycles. The van der Waals surface area contributed by atoms with Crippen LogP contribution in [0.25, 0.3) is 0 Å². The predicted octanol–water partition coefficient (Wildman–Crippen LogP) is -5.75. The monoisotopic (exact) mass is 381 g/mol. The molecule has 1 amide bonds. The summed E-state index contributed by atoms with van der Waals surface area (Å²) in [4.78, 5) is 46.0. The Morgan fingerprint density at radius 3 is 2.44 bits per heavy atom. The van der Waals surface area contributed by atoms with Crippen LogP contribution < -0.4 is 34.7 Å². The van der Waals surface area contributed by atoms with E-state index in [1.54, 1.807) is 0 Å². The predicted molar refractivity (Wildman–Crippen MR) is 73.2 cm³/mol. The molecule has 1 atom stereocenters. The Morgan fingerprint density at radius 2 is 1.96 bits per heavy atom. The third kappa shape index (κ3) is 3.94. The van der Waals surface area contributed by atoms with Crippen molar-refractivity contribution in [3.63, 3.8) is 0 Å². The third-order valence-electron chi connectivity index (χ3n) is 3.38. The van der Waals surface area contributed by atoms with Gasteiger partial charge in [-0.3, -0.25) is 14.5 Å². The van der Waals surface area contributed by atoms with E-state index in [-0.39, 0.29) is 35.1 Å². The van der Waals surface area contributed by atoms with E-state index < -0.39 is 62.7 Å². The van der Waals surface area contributed by atoms with Crippen molar-refractivity contribution < 1.29 is 71.7 Å². The van der Waals surface area contributed by atoms with Crippen LogP contribution >= 0.6 is 0 Å². The van der Waals surface area contributed by atoms with Crippen LogP contribution in [-0.2, 0) is 38.5 Å². The molecule has 2 heterocycles. The van der Waals surface area contributed by atoms with Crippen LogP contribution in [0.15, 0.2) is 22.9 Å². The second kappa shape index (κ2) is 7.68. The molecule has 2 aliphatic rings. The van der Waals surface area contributed by atoms with Gasteiger partial charge in [-0.2, -0.15) is 0 Å². The van der Waals surface area contributed by atoms with E-state index in [4.69, 9.17) is 0 Å². The molecule has 0 bridgehead atoms. The van der Waals surface area contributed by atoms with Gasteiger partial charge >= 0.3 is 41.5 Å². The summed E-state index contributed by atoms with van der Waals surface area (Å²) in [6, 6.07) is 0. The Labute approximate surface area is 164 Å². The first-order valence-corrected chi connectivity index (χ1v) is 8.23. The molecule has 130 valence electrons. The van der Waals surface area contributed by atoms with Crippen LogP contribution in [0.1, 0.15) is 6.92 Å². The van der Waals surface area contributed by atoms with E-state index in [1.165, 1.54) is 0 Å². The molecule has 10 nitrogen and oxygen atoms in total. The molecule has 12 heteroatoms. The van der Waals surface area contributed by atoms with Gasteiger partial charge in [-0.05, 0) is 0 Å². The number of carboxylic acids is 1. The summed E-state index contributed by atoms with van der Waals surface area (Å²) < 4.78 is 33.6. The van der Waals surface area contributed by atoms with Gasteiger partial charge in [0.15, 0.2) is 15.2 Å². The number of amides is 1. The van der Waals surface area contributed by atoms with E-state index >= 15 is 0 Å². The summed E-state index contributed by atoms with van der Waals surface area (Å²) in [5, 5.41) is 9.72. The van der Waals surface area contributed by atoms with Crippen LogP contribution in [-0.4, -0.2) is 62.0 Å². The fourth-order valence-electron chi connectivity index (χ4n) is 2.42. The van der Waals surface area contributed by atoms with E-state index in [0.717, 1.165) is 14.0 Å². The maximum atomic E-state index is 12.3. The number of nitrogens with zero attached hydrogens (tertiary/aromatic N) is 1. The zero-order chi connectivity index (χ0) is 18.2. The van der Waals surface area contributed by atoms with E-state index in [9.17, 15) is 32.7 Å². The maximum absolute atomic E-state index is 12.3. The van der Waals surface area contributed by atoms with Gasteiger partial charge in [-0.1, -0.05) is 0 Å². The molecule has 0 aromatic carbocycles. The zero-order valence-corrected chi connectivity index (χ0v) is 16.4. The van der Waals surface area contributed by atoms with Crippen molar-refractivity contribution >= 4 is 33.7 Å². The number of ether oxygens (including phenoxy) is 2. The van der Waals surface area contributed by atoms with Crippen molar-refractivity contribution in [1.82, 2.24) is 4.90 Å². The largest absolute Gasteiger partial charge is 1.00 e. The Bertz CT molecular complexity index is 811. The number of carboxylic acid groups (broad SMARTS) is 1. The van der Waals surface area contributed by atoms with Gasteiger partial charge in [0.25, 0.3) is 5.91 Å². The number of sulfone groups is 1. The van der Waals surface area contributed by atoms with Crippen LogP contribution in [0.4, 0.5) is 0 Å². The normalized spacial score (nSPS) is 22.5. The first-order chi connectivity index (χ1) is 11.1. The molecule has 25 heavy (non-hydrogen) atoms. The fourth-order valence-corrected chi connectivity index (χ4v) is 4.36. The van der Waals surface area contributed by atoms with Gasteiger partial charge in [0.05, 0.1) is 30.1 Å². The number of hydrogen-bond donors (Lipinski definition) is 0. The van der Waals surface area contributed by atoms with Crippen LogP contribution in [0.2, 0.25) is 0 Å². The van der Waals surface area contributed by atoms with Crippen molar-refractivity contribution in [2.75, 3.05) is 19.5 Å². The molecule has 2 rings (SSSR count). The maximum Gasteiger partial charge on any atom is 1.00 e. The Kier molecular flexibility index (Phi) is 6.56. The number of hydrogen-bond acceptors (Lipinski definition) is 9. The second-order valence-corrected chi connectivity index (χ2v) is 7.04. The number of esters is 2. The molecule has 0 aromatic rings. The molecule has 1 saturated heterocycles. The summed E-state index contributed by atoms with van der Waals surface area (Å²) in [6.45, 7) is 0.454. The van der Waals surface area contributed by atoms with Gasteiger partial charge in [0.2, 0.25) is 0 Å². The van der Waals surface area contributed by atoms with Gasteiger partial charge in [-0.25, -0.2) is 13.2 Å². The van der Waals surface area contributed by atoms with Crippen LogP contribution in [0.3, 0.4) is 0 Å². The van der Waals surface area contributed by atoms with E-state index in [2.05, 4.69) is 9.47 Å². The third-order valence-corrected chi connectivity index (χ3v) is 5.27. The summed E-state index contributed by atoms with van der Waals surface area (Å²) >= 11 is 0. The first kappa shape index (κ1) is 21.4.